The Hall–Kier alpha value is -2.08. The number of thiocarbonyl (C=S) groups is 1. The Balaban J connectivity index is 1.76. The normalized spacial score (nSPS) is 10.8. The molecule has 0 amide bonds. The fourth-order valence-corrected chi connectivity index (χ4v) is 3.51. The van der Waals surface area contributed by atoms with Crippen LogP contribution in [0.25, 0.3) is 0 Å². The number of halogens is 2. The van der Waals surface area contributed by atoms with Crippen LogP contribution in [0.3, 0.4) is 0 Å². The summed E-state index contributed by atoms with van der Waals surface area (Å²) in [7, 11) is 0. The van der Waals surface area contributed by atoms with Gasteiger partial charge in [0.2, 0.25) is 0 Å². The van der Waals surface area contributed by atoms with Crippen LogP contribution in [0.15, 0.2) is 36.4 Å². The summed E-state index contributed by atoms with van der Waals surface area (Å²) in [6, 6.07) is 11.8. The smallest absolute Gasteiger partial charge is 0.175 e. The number of nitrogens with one attached hydrogen (secondary N) is 2. The monoisotopic (exact) mass is 432 g/mol. The maximum absolute atomic E-state index is 6.13. The molecule has 1 heterocycles. The predicted molar refractivity (Wildman–Crippen MR) is 123 cm³/mol. The highest BCUT2D eigenvalue weighted by molar-refractivity contribution is 7.80. The molecule has 0 spiro atoms. The third-order valence-electron chi connectivity index (χ3n) is 4.58. The molecule has 0 saturated heterocycles. The fraction of sp³-hybridized carbons (Fsp3) is 0.238. The highest BCUT2D eigenvalue weighted by Gasteiger charge is 2.14. The average molecular weight is 433 g/mol. The lowest BCUT2D eigenvalue weighted by Crippen LogP contribution is -2.20. The lowest BCUT2D eigenvalue weighted by Gasteiger charge is -2.13. The largest absolute Gasteiger partial charge is 0.332 e. The third kappa shape index (κ3) is 4.66. The number of nitrogens with zero attached hydrogens (tertiary/aromatic N) is 2. The minimum atomic E-state index is 0.536. The van der Waals surface area contributed by atoms with Crippen molar-refractivity contribution >= 4 is 51.9 Å². The van der Waals surface area contributed by atoms with Gasteiger partial charge in [0.1, 0.15) is 0 Å². The van der Waals surface area contributed by atoms with Gasteiger partial charge in [-0.1, -0.05) is 41.4 Å². The molecular weight excluding hydrogens is 411 g/mol. The Morgan fingerprint density at radius 1 is 1.00 bits per heavy atom. The van der Waals surface area contributed by atoms with Gasteiger partial charge in [-0.05, 0) is 74.8 Å². The van der Waals surface area contributed by atoms with E-state index in [0.717, 1.165) is 33.9 Å². The Labute approximate surface area is 180 Å². The van der Waals surface area contributed by atoms with Gasteiger partial charge < -0.3 is 10.6 Å². The number of hydrogen-bond acceptors (Lipinski definition) is 2. The van der Waals surface area contributed by atoms with Gasteiger partial charge in [0.05, 0.1) is 33.7 Å². The van der Waals surface area contributed by atoms with Crippen LogP contribution in [0.5, 0.6) is 0 Å². The Morgan fingerprint density at radius 2 is 1.75 bits per heavy atom. The summed E-state index contributed by atoms with van der Waals surface area (Å²) in [5.74, 6) is 0. The Morgan fingerprint density at radius 3 is 2.46 bits per heavy atom. The molecule has 4 nitrogen and oxygen atoms in total. The molecule has 3 aromatic rings. The van der Waals surface area contributed by atoms with E-state index in [9.17, 15) is 0 Å². The molecule has 3 rings (SSSR count). The molecule has 0 fully saturated rings. The van der Waals surface area contributed by atoms with Crippen molar-refractivity contribution in [1.29, 1.82) is 0 Å². The lowest BCUT2D eigenvalue weighted by atomic mass is 10.1. The van der Waals surface area contributed by atoms with E-state index >= 15 is 0 Å². The van der Waals surface area contributed by atoms with E-state index < -0.39 is 0 Å². The van der Waals surface area contributed by atoms with E-state index in [1.807, 2.05) is 30.7 Å². The van der Waals surface area contributed by atoms with E-state index in [1.54, 1.807) is 6.07 Å². The summed E-state index contributed by atoms with van der Waals surface area (Å²) in [6.45, 7) is 8.68. The molecule has 0 aliphatic rings. The van der Waals surface area contributed by atoms with Crippen molar-refractivity contribution in [3.8, 4) is 0 Å². The molecule has 0 bridgehead atoms. The maximum Gasteiger partial charge on any atom is 0.175 e. The van der Waals surface area contributed by atoms with Crippen LogP contribution in [-0.2, 0) is 6.54 Å². The highest BCUT2D eigenvalue weighted by Crippen LogP contribution is 2.25. The number of aryl methyl sites for hydroxylation is 3. The van der Waals surface area contributed by atoms with Gasteiger partial charge in [-0.15, -0.1) is 0 Å². The molecule has 146 valence electrons. The van der Waals surface area contributed by atoms with Gasteiger partial charge >= 0.3 is 0 Å². The van der Waals surface area contributed by atoms with Crippen molar-refractivity contribution < 1.29 is 0 Å². The maximum atomic E-state index is 6.13. The van der Waals surface area contributed by atoms with E-state index in [1.165, 1.54) is 5.56 Å². The number of aromatic nitrogens is 2. The van der Waals surface area contributed by atoms with Crippen LogP contribution in [0, 0.1) is 27.7 Å². The minimum Gasteiger partial charge on any atom is -0.332 e. The van der Waals surface area contributed by atoms with Crippen molar-refractivity contribution in [2.75, 3.05) is 10.6 Å². The van der Waals surface area contributed by atoms with Crippen molar-refractivity contribution in [1.82, 2.24) is 9.78 Å². The fourth-order valence-electron chi connectivity index (χ4n) is 2.98. The van der Waals surface area contributed by atoms with Crippen LogP contribution in [0.1, 0.15) is 28.1 Å². The minimum absolute atomic E-state index is 0.536. The summed E-state index contributed by atoms with van der Waals surface area (Å²) in [5, 5.41) is 12.8. The summed E-state index contributed by atoms with van der Waals surface area (Å²) >= 11 is 17.6. The Bertz CT molecular complexity index is 1040. The molecular formula is C21H22Cl2N4S. The lowest BCUT2D eigenvalue weighted by molar-refractivity contribution is 0.659. The topological polar surface area (TPSA) is 41.9 Å². The number of anilines is 2. The van der Waals surface area contributed by atoms with Crippen LogP contribution < -0.4 is 10.6 Å². The molecule has 0 atom stereocenters. The SMILES string of the molecule is Cc1ccc(C)c(NC(=S)Nc2c(C)nn(Cc3ccc(Cl)c(Cl)c3)c2C)c1. The van der Waals surface area contributed by atoms with Gasteiger partial charge in [0.15, 0.2) is 5.11 Å². The van der Waals surface area contributed by atoms with Crippen molar-refractivity contribution in [2.24, 2.45) is 0 Å². The first-order valence-electron chi connectivity index (χ1n) is 8.88. The number of benzene rings is 2. The zero-order chi connectivity index (χ0) is 20.4. The quantitative estimate of drug-likeness (QED) is 0.475. The van der Waals surface area contributed by atoms with Crippen LogP contribution in [-0.4, -0.2) is 14.9 Å². The second-order valence-corrected chi connectivity index (χ2v) is 8.07. The molecule has 2 N–H and O–H groups in total. The summed E-state index contributed by atoms with van der Waals surface area (Å²) < 4.78 is 1.93. The summed E-state index contributed by atoms with van der Waals surface area (Å²) in [4.78, 5) is 0. The number of rotatable bonds is 4. The second kappa shape index (κ2) is 8.52. The van der Waals surface area contributed by atoms with Crippen LogP contribution >= 0.6 is 35.4 Å². The van der Waals surface area contributed by atoms with E-state index in [2.05, 4.69) is 47.8 Å². The highest BCUT2D eigenvalue weighted by atomic mass is 35.5. The van der Waals surface area contributed by atoms with E-state index in [0.29, 0.717) is 21.7 Å². The first-order valence-corrected chi connectivity index (χ1v) is 10.0. The molecule has 0 saturated carbocycles. The zero-order valence-corrected chi connectivity index (χ0v) is 18.6. The van der Waals surface area contributed by atoms with Gasteiger partial charge in [0.25, 0.3) is 0 Å². The summed E-state index contributed by atoms with van der Waals surface area (Å²) in [6.07, 6.45) is 0. The number of hydrogen-bond donors (Lipinski definition) is 2. The van der Waals surface area contributed by atoms with Gasteiger partial charge in [-0.3, -0.25) is 4.68 Å². The van der Waals surface area contributed by atoms with Gasteiger partial charge in [-0.25, -0.2) is 0 Å². The van der Waals surface area contributed by atoms with E-state index in [-0.39, 0.29) is 0 Å². The molecule has 0 radical (unpaired) electrons. The van der Waals surface area contributed by atoms with Crippen LogP contribution in [0.2, 0.25) is 10.0 Å². The van der Waals surface area contributed by atoms with E-state index in [4.69, 9.17) is 35.4 Å². The molecule has 0 aliphatic carbocycles. The predicted octanol–water partition coefficient (Wildman–Crippen LogP) is 6.28. The second-order valence-electron chi connectivity index (χ2n) is 6.85. The molecule has 0 aliphatic heterocycles. The molecule has 0 unspecified atom stereocenters. The summed E-state index contributed by atoms with van der Waals surface area (Å²) in [5.41, 5.74) is 7.12. The third-order valence-corrected chi connectivity index (χ3v) is 5.52. The molecule has 1 aromatic heterocycles. The van der Waals surface area contributed by atoms with Crippen molar-refractivity contribution in [2.45, 2.75) is 34.2 Å². The standard InChI is InChI=1S/C21H22Cl2N4S/c1-12-5-6-13(2)19(9-12)24-21(28)25-20-14(3)26-27(15(20)4)11-16-7-8-17(22)18(23)10-16/h5-10H,11H2,1-4H3,(H2,24,25,28). The molecule has 28 heavy (non-hydrogen) atoms. The zero-order valence-electron chi connectivity index (χ0n) is 16.2. The van der Waals surface area contributed by atoms with Crippen LogP contribution in [0.4, 0.5) is 11.4 Å². The average Bonchev–Trinajstić information content (AvgIpc) is 2.89. The Kier molecular flexibility index (Phi) is 6.28. The molecule has 7 heteroatoms. The van der Waals surface area contributed by atoms with Crippen molar-refractivity contribution in [3.05, 3.63) is 74.5 Å². The molecule has 2 aromatic carbocycles. The first kappa shape index (κ1) is 20.6. The van der Waals surface area contributed by atoms with Gasteiger partial charge in [-0.2, -0.15) is 5.10 Å². The van der Waals surface area contributed by atoms with Crippen molar-refractivity contribution in [3.63, 3.8) is 0 Å². The van der Waals surface area contributed by atoms with Gasteiger partial charge in [0, 0.05) is 5.69 Å². The first-order chi connectivity index (χ1) is 13.2.